The minimum Gasteiger partial charge on any atom is -0.431 e. The van der Waals surface area contributed by atoms with E-state index in [2.05, 4.69) is 22.1 Å². The van der Waals surface area contributed by atoms with Gasteiger partial charge < -0.3 is 14.6 Å². The first kappa shape index (κ1) is 17.3. The van der Waals surface area contributed by atoms with Crippen LogP contribution >= 0.6 is 11.8 Å². The van der Waals surface area contributed by atoms with Gasteiger partial charge in [-0.25, -0.2) is 4.98 Å². The van der Waals surface area contributed by atoms with Crippen LogP contribution in [0.15, 0.2) is 33.9 Å². The molecule has 0 radical (unpaired) electrons. The number of amides is 1. The third kappa shape index (κ3) is 4.98. The van der Waals surface area contributed by atoms with Crippen LogP contribution in [-0.2, 0) is 4.79 Å². The molecule has 2 aromatic rings. The molecule has 1 fully saturated rings. The third-order valence-electron chi connectivity index (χ3n) is 4.45. The summed E-state index contributed by atoms with van der Waals surface area (Å²) < 4.78 is 5.60. The summed E-state index contributed by atoms with van der Waals surface area (Å²) in [6.07, 6.45) is 3.61. The standard InChI is InChI=1S/C18H25N3O2S/c1-14-7-11-21(12-8-14)10-4-9-19-17(22)13-24-18-20-15-5-2-3-6-16(15)23-18/h2-3,5-6,14H,4,7-13H2,1H3,(H,19,22). The Morgan fingerprint density at radius 3 is 2.96 bits per heavy atom. The number of nitrogens with zero attached hydrogens (tertiary/aromatic N) is 2. The van der Waals surface area contributed by atoms with Crippen LogP contribution in [0.1, 0.15) is 26.2 Å². The van der Waals surface area contributed by atoms with Crippen LogP contribution in [0.3, 0.4) is 0 Å². The van der Waals surface area contributed by atoms with Crippen molar-refractivity contribution in [2.75, 3.05) is 31.9 Å². The first-order chi connectivity index (χ1) is 11.7. The fourth-order valence-corrected chi connectivity index (χ4v) is 3.58. The van der Waals surface area contributed by atoms with E-state index in [1.807, 2.05) is 24.3 Å². The second-order valence-electron chi connectivity index (χ2n) is 6.46. The van der Waals surface area contributed by atoms with Crippen molar-refractivity contribution in [3.63, 3.8) is 0 Å². The number of para-hydroxylation sites is 2. The fraction of sp³-hybridized carbons (Fsp3) is 0.556. The zero-order chi connectivity index (χ0) is 16.8. The van der Waals surface area contributed by atoms with Crippen molar-refractivity contribution < 1.29 is 9.21 Å². The van der Waals surface area contributed by atoms with Crippen molar-refractivity contribution in [1.29, 1.82) is 0 Å². The van der Waals surface area contributed by atoms with E-state index in [1.165, 1.54) is 37.7 Å². The van der Waals surface area contributed by atoms with Crippen LogP contribution in [0.4, 0.5) is 0 Å². The van der Waals surface area contributed by atoms with Gasteiger partial charge in [0.25, 0.3) is 5.22 Å². The Morgan fingerprint density at radius 2 is 2.17 bits per heavy atom. The highest BCUT2D eigenvalue weighted by atomic mass is 32.2. The predicted octanol–water partition coefficient (Wildman–Crippen LogP) is 3.16. The minimum absolute atomic E-state index is 0.0366. The maximum absolute atomic E-state index is 11.9. The number of carbonyl (C=O) groups excluding carboxylic acids is 1. The van der Waals surface area contributed by atoms with Crippen LogP contribution in [0.5, 0.6) is 0 Å². The van der Waals surface area contributed by atoms with Gasteiger partial charge >= 0.3 is 0 Å². The molecule has 0 unspecified atom stereocenters. The van der Waals surface area contributed by atoms with Gasteiger partial charge in [-0.2, -0.15) is 0 Å². The number of rotatable bonds is 7. The molecule has 1 aliphatic heterocycles. The number of oxazole rings is 1. The lowest BCUT2D eigenvalue weighted by Gasteiger charge is -2.30. The fourth-order valence-electron chi connectivity index (χ4n) is 2.91. The van der Waals surface area contributed by atoms with E-state index in [-0.39, 0.29) is 5.91 Å². The van der Waals surface area contributed by atoms with Gasteiger partial charge in [-0.3, -0.25) is 4.79 Å². The monoisotopic (exact) mass is 347 g/mol. The summed E-state index contributed by atoms with van der Waals surface area (Å²) in [6.45, 7) is 6.53. The quantitative estimate of drug-likeness (QED) is 0.616. The van der Waals surface area contributed by atoms with Crippen LogP contribution in [-0.4, -0.2) is 47.7 Å². The van der Waals surface area contributed by atoms with E-state index in [0.717, 1.165) is 36.5 Å². The zero-order valence-electron chi connectivity index (χ0n) is 14.2. The van der Waals surface area contributed by atoms with Crippen molar-refractivity contribution in [3.05, 3.63) is 24.3 Å². The average Bonchev–Trinajstić information content (AvgIpc) is 3.01. The average molecular weight is 347 g/mol. The topological polar surface area (TPSA) is 58.4 Å². The molecule has 0 atom stereocenters. The van der Waals surface area contributed by atoms with Crippen LogP contribution in [0, 0.1) is 5.92 Å². The Labute approximate surface area is 147 Å². The lowest BCUT2D eigenvalue weighted by molar-refractivity contribution is -0.118. The number of aromatic nitrogens is 1. The molecule has 5 nitrogen and oxygen atoms in total. The molecule has 0 bridgehead atoms. The first-order valence-corrected chi connectivity index (χ1v) is 9.66. The van der Waals surface area contributed by atoms with Crippen molar-refractivity contribution in [3.8, 4) is 0 Å². The molecule has 0 saturated carbocycles. The van der Waals surface area contributed by atoms with Gasteiger partial charge in [0, 0.05) is 6.54 Å². The molecule has 1 aromatic heterocycles. The summed E-state index contributed by atoms with van der Waals surface area (Å²) in [4.78, 5) is 18.8. The Hall–Kier alpha value is -1.53. The summed E-state index contributed by atoms with van der Waals surface area (Å²) in [5.41, 5.74) is 1.59. The molecular weight excluding hydrogens is 322 g/mol. The zero-order valence-corrected chi connectivity index (χ0v) is 15.0. The van der Waals surface area contributed by atoms with Crippen molar-refractivity contribution in [2.24, 2.45) is 5.92 Å². The largest absolute Gasteiger partial charge is 0.431 e. The minimum atomic E-state index is 0.0366. The number of likely N-dealkylation sites (tertiary alicyclic amines) is 1. The number of thioether (sulfide) groups is 1. The van der Waals surface area contributed by atoms with Gasteiger partial charge in [-0.1, -0.05) is 30.8 Å². The number of nitrogens with one attached hydrogen (secondary N) is 1. The molecule has 0 aliphatic carbocycles. The van der Waals surface area contributed by atoms with E-state index >= 15 is 0 Å². The number of fused-ring (bicyclic) bond motifs is 1. The third-order valence-corrected chi connectivity index (χ3v) is 5.28. The molecule has 6 heteroatoms. The highest BCUT2D eigenvalue weighted by Crippen LogP contribution is 2.22. The lowest BCUT2D eigenvalue weighted by atomic mass is 9.99. The van der Waals surface area contributed by atoms with Crippen LogP contribution in [0.2, 0.25) is 0 Å². The van der Waals surface area contributed by atoms with E-state index < -0.39 is 0 Å². The Kier molecular flexibility index (Phi) is 6.15. The van der Waals surface area contributed by atoms with Gasteiger partial charge in [0.05, 0.1) is 5.75 Å². The summed E-state index contributed by atoms with van der Waals surface area (Å²) >= 11 is 1.34. The van der Waals surface area contributed by atoms with E-state index in [0.29, 0.717) is 11.0 Å². The SMILES string of the molecule is CC1CCN(CCCNC(=O)CSc2nc3ccccc3o2)CC1. The highest BCUT2D eigenvalue weighted by molar-refractivity contribution is 7.99. The number of hydrogen-bond donors (Lipinski definition) is 1. The summed E-state index contributed by atoms with van der Waals surface area (Å²) in [7, 11) is 0. The summed E-state index contributed by atoms with van der Waals surface area (Å²) in [6, 6.07) is 7.63. The first-order valence-electron chi connectivity index (χ1n) is 8.68. The maximum Gasteiger partial charge on any atom is 0.257 e. The highest BCUT2D eigenvalue weighted by Gasteiger charge is 2.15. The number of benzene rings is 1. The molecule has 130 valence electrons. The molecule has 24 heavy (non-hydrogen) atoms. The Morgan fingerprint density at radius 1 is 1.38 bits per heavy atom. The predicted molar refractivity (Wildman–Crippen MR) is 97.2 cm³/mol. The second-order valence-corrected chi connectivity index (χ2v) is 7.39. The van der Waals surface area contributed by atoms with Gasteiger partial charge in [-0.05, 0) is 56.9 Å². The molecule has 3 rings (SSSR count). The number of carbonyl (C=O) groups is 1. The molecule has 1 aromatic carbocycles. The van der Waals surface area contributed by atoms with Gasteiger partial charge in [0.1, 0.15) is 5.52 Å². The lowest BCUT2D eigenvalue weighted by Crippen LogP contribution is -2.35. The summed E-state index contributed by atoms with van der Waals surface area (Å²) in [5.74, 6) is 1.24. The van der Waals surface area contributed by atoms with Gasteiger partial charge in [-0.15, -0.1) is 0 Å². The second kappa shape index (κ2) is 8.53. The number of hydrogen-bond acceptors (Lipinski definition) is 5. The van der Waals surface area contributed by atoms with E-state index in [4.69, 9.17) is 4.42 Å². The van der Waals surface area contributed by atoms with Gasteiger partial charge in [0.15, 0.2) is 5.58 Å². The van der Waals surface area contributed by atoms with E-state index in [9.17, 15) is 4.79 Å². The molecular formula is C18H25N3O2S. The maximum atomic E-state index is 11.9. The van der Waals surface area contributed by atoms with E-state index in [1.54, 1.807) is 0 Å². The molecule has 1 aliphatic rings. The summed E-state index contributed by atoms with van der Waals surface area (Å²) in [5, 5.41) is 3.53. The molecule has 1 saturated heterocycles. The van der Waals surface area contributed by atoms with Crippen molar-refractivity contribution in [1.82, 2.24) is 15.2 Å². The van der Waals surface area contributed by atoms with Gasteiger partial charge in [0.2, 0.25) is 5.91 Å². The molecule has 1 amide bonds. The smallest absolute Gasteiger partial charge is 0.257 e. The van der Waals surface area contributed by atoms with Crippen molar-refractivity contribution in [2.45, 2.75) is 31.4 Å². The van der Waals surface area contributed by atoms with Crippen molar-refractivity contribution >= 4 is 28.8 Å². The normalized spacial score (nSPS) is 16.5. The molecule has 2 heterocycles. The molecule has 1 N–H and O–H groups in total. The number of piperidine rings is 1. The Balaban J connectivity index is 1.31. The Bertz CT molecular complexity index is 632. The van der Waals surface area contributed by atoms with Crippen LogP contribution in [0.25, 0.3) is 11.1 Å². The molecule has 0 spiro atoms. The van der Waals surface area contributed by atoms with Crippen LogP contribution < -0.4 is 5.32 Å².